The van der Waals surface area contributed by atoms with Gasteiger partial charge in [-0.3, -0.25) is 9.13 Å². The van der Waals surface area contributed by atoms with Gasteiger partial charge in [0.15, 0.2) is 0 Å². The van der Waals surface area contributed by atoms with Crippen LogP contribution in [0.4, 0.5) is 0 Å². The van der Waals surface area contributed by atoms with E-state index in [0.717, 1.165) is 39.4 Å². The molecule has 1 N–H and O–H groups in total. The maximum atomic E-state index is 11.1. The van der Waals surface area contributed by atoms with E-state index in [-0.39, 0.29) is 5.75 Å². The summed E-state index contributed by atoms with van der Waals surface area (Å²) in [6.07, 6.45) is 2.14. The number of hydrogen-bond acceptors (Lipinski definition) is 3. The number of para-hydroxylation sites is 5. The normalized spacial score (nSPS) is 11.9. The number of phenolic OH excluding ortho intramolecular Hbond substituents is 1. The fourth-order valence-electron chi connectivity index (χ4n) is 7.37. The number of rotatable bonds is 9. The molecule has 0 aliphatic carbocycles. The van der Waals surface area contributed by atoms with Gasteiger partial charge in [0, 0.05) is 17.3 Å². The molecule has 5 aromatic carbocycles. The van der Waals surface area contributed by atoms with Crippen LogP contribution in [0.25, 0.3) is 56.4 Å². The van der Waals surface area contributed by atoms with E-state index in [4.69, 9.17) is 9.97 Å². The summed E-state index contributed by atoms with van der Waals surface area (Å²) in [7, 11) is 0. The van der Waals surface area contributed by atoms with E-state index in [1.165, 1.54) is 27.9 Å². The Morgan fingerprint density at radius 2 is 1.04 bits per heavy atom. The molecule has 5 nitrogen and oxygen atoms in total. The highest BCUT2D eigenvalue weighted by Gasteiger charge is 2.24. The van der Waals surface area contributed by atoms with Gasteiger partial charge in [0.2, 0.25) is 0 Å². The van der Waals surface area contributed by atoms with Crippen molar-refractivity contribution in [2.75, 3.05) is 0 Å². The summed E-state index contributed by atoms with van der Waals surface area (Å²) in [6, 6.07) is 37.8. The van der Waals surface area contributed by atoms with Crippen LogP contribution in [0.2, 0.25) is 0 Å². The molecule has 0 aliphatic heterocycles. The molecule has 258 valence electrons. The number of benzene rings is 5. The van der Waals surface area contributed by atoms with E-state index in [0.29, 0.717) is 35.1 Å². The van der Waals surface area contributed by atoms with Crippen molar-refractivity contribution in [2.45, 2.75) is 79.1 Å². The lowest BCUT2D eigenvalue weighted by molar-refractivity contribution is 0.477. The van der Waals surface area contributed by atoms with Crippen molar-refractivity contribution in [1.29, 1.82) is 0 Å². The van der Waals surface area contributed by atoms with Crippen molar-refractivity contribution in [3.05, 3.63) is 138 Å². The predicted molar refractivity (Wildman–Crippen MR) is 213 cm³/mol. The van der Waals surface area contributed by atoms with Gasteiger partial charge in [-0.1, -0.05) is 134 Å². The Hall–Kier alpha value is -5.42. The molecule has 7 aromatic rings. The first-order valence-corrected chi connectivity index (χ1v) is 18.3. The van der Waals surface area contributed by atoms with E-state index >= 15 is 0 Å². The zero-order valence-electron chi connectivity index (χ0n) is 31.0. The SMILES string of the molecule is CC(C)c1cccc(C(C)C)c1-n1cc(-c2cccc(-c3nc4ccccc4n3-c3c(C(C)C)cccc3C(C)C)c2)nc1-c1ccccc1O. The maximum absolute atomic E-state index is 11.1. The van der Waals surface area contributed by atoms with Gasteiger partial charge in [-0.05, 0) is 76.3 Å². The van der Waals surface area contributed by atoms with E-state index in [9.17, 15) is 5.11 Å². The second kappa shape index (κ2) is 13.7. The third-order valence-corrected chi connectivity index (χ3v) is 9.98. The summed E-state index contributed by atoms with van der Waals surface area (Å²) in [5.41, 5.74) is 13.0. The molecule has 51 heavy (non-hydrogen) atoms. The highest BCUT2D eigenvalue weighted by molar-refractivity contribution is 5.85. The Kier molecular flexibility index (Phi) is 9.15. The molecule has 5 heteroatoms. The second-order valence-corrected chi connectivity index (χ2v) is 14.9. The van der Waals surface area contributed by atoms with Crippen molar-refractivity contribution < 1.29 is 5.11 Å². The molecule has 0 fully saturated rings. The van der Waals surface area contributed by atoms with Crippen LogP contribution in [-0.2, 0) is 0 Å². The number of hydrogen-bond donors (Lipinski definition) is 1. The number of imidazole rings is 2. The van der Waals surface area contributed by atoms with Crippen LogP contribution in [0, 0.1) is 0 Å². The highest BCUT2D eigenvalue weighted by Crippen LogP contribution is 2.40. The van der Waals surface area contributed by atoms with Crippen molar-refractivity contribution >= 4 is 11.0 Å². The fourth-order valence-corrected chi connectivity index (χ4v) is 7.37. The van der Waals surface area contributed by atoms with Crippen LogP contribution in [0.1, 0.15) is 101 Å². The molecule has 0 aliphatic rings. The molecule has 2 aromatic heterocycles. The van der Waals surface area contributed by atoms with Gasteiger partial charge in [-0.2, -0.15) is 0 Å². The van der Waals surface area contributed by atoms with Gasteiger partial charge in [0.05, 0.1) is 33.7 Å². The van der Waals surface area contributed by atoms with Gasteiger partial charge in [-0.25, -0.2) is 9.97 Å². The van der Waals surface area contributed by atoms with Gasteiger partial charge >= 0.3 is 0 Å². The van der Waals surface area contributed by atoms with Crippen LogP contribution in [-0.4, -0.2) is 24.2 Å². The Morgan fingerprint density at radius 3 is 1.65 bits per heavy atom. The minimum absolute atomic E-state index is 0.205. The standard InChI is InChI=1S/C46H48N4O/c1-28(2)34-19-14-20-35(29(3)4)43(34)49-27-40(48-46(49)38-18-9-12-25-42(38)51)32-16-13-17-33(26-32)45-47-39-23-10-11-24-41(39)50(45)44-36(30(5)6)21-15-22-37(44)31(7)8/h9-31,51H,1-8H3. The average Bonchev–Trinajstić information content (AvgIpc) is 3.73. The summed E-state index contributed by atoms with van der Waals surface area (Å²) < 4.78 is 4.57. The first-order valence-electron chi connectivity index (χ1n) is 18.3. The van der Waals surface area contributed by atoms with Crippen molar-refractivity contribution in [3.63, 3.8) is 0 Å². The highest BCUT2D eigenvalue weighted by atomic mass is 16.3. The third-order valence-electron chi connectivity index (χ3n) is 9.98. The summed E-state index contributed by atoms with van der Waals surface area (Å²) in [6.45, 7) is 18.0. The van der Waals surface area contributed by atoms with Gasteiger partial charge in [0.25, 0.3) is 0 Å². The van der Waals surface area contributed by atoms with Gasteiger partial charge < -0.3 is 5.11 Å². The maximum Gasteiger partial charge on any atom is 0.148 e. The van der Waals surface area contributed by atoms with Crippen molar-refractivity contribution in [1.82, 2.24) is 19.1 Å². The molecule has 0 radical (unpaired) electrons. The zero-order valence-corrected chi connectivity index (χ0v) is 31.0. The van der Waals surface area contributed by atoms with E-state index in [1.807, 2.05) is 18.2 Å². The second-order valence-electron chi connectivity index (χ2n) is 14.9. The minimum atomic E-state index is 0.205. The molecule has 0 bridgehead atoms. The summed E-state index contributed by atoms with van der Waals surface area (Å²) in [5.74, 6) is 3.07. The first kappa shape index (κ1) is 34.0. The molecule has 0 atom stereocenters. The van der Waals surface area contributed by atoms with Gasteiger partial charge in [0.1, 0.15) is 17.4 Å². The number of aromatic nitrogens is 4. The summed E-state index contributed by atoms with van der Waals surface area (Å²) >= 11 is 0. The Balaban J connectivity index is 1.48. The largest absolute Gasteiger partial charge is 0.507 e. The molecule has 7 rings (SSSR count). The molecular formula is C46H48N4O. The topological polar surface area (TPSA) is 55.9 Å². The third kappa shape index (κ3) is 6.16. The Labute approximate surface area is 302 Å². The molecule has 0 saturated carbocycles. The lowest BCUT2D eigenvalue weighted by Crippen LogP contribution is -2.08. The first-order chi connectivity index (χ1) is 24.5. The lowest BCUT2D eigenvalue weighted by Gasteiger charge is -2.22. The zero-order chi connectivity index (χ0) is 36.0. The molecule has 0 amide bonds. The van der Waals surface area contributed by atoms with Gasteiger partial charge in [-0.15, -0.1) is 0 Å². The van der Waals surface area contributed by atoms with E-state index < -0.39 is 0 Å². The smallest absolute Gasteiger partial charge is 0.148 e. The minimum Gasteiger partial charge on any atom is -0.507 e. The van der Waals surface area contributed by atoms with Crippen LogP contribution in [0.15, 0.2) is 115 Å². The molecular weight excluding hydrogens is 625 g/mol. The number of aromatic hydroxyl groups is 1. The summed E-state index contributed by atoms with van der Waals surface area (Å²) in [4.78, 5) is 10.6. The quantitative estimate of drug-likeness (QED) is 0.166. The molecule has 2 heterocycles. The Bertz CT molecular complexity index is 2300. The van der Waals surface area contributed by atoms with Crippen LogP contribution in [0.5, 0.6) is 5.75 Å². The average molecular weight is 673 g/mol. The van der Waals surface area contributed by atoms with E-state index in [2.05, 4.69) is 156 Å². The predicted octanol–water partition coefficient (Wildman–Crippen LogP) is 12.4. The van der Waals surface area contributed by atoms with Crippen molar-refractivity contribution in [2.24, 2.45) is 0 Å². The number of nitrogens with zero attached hydrogens (tertiary/aromatic N) is 4. The number of phenols is 1. The van der Waals surface area contributed by atoms with E-state index in [1.54, 1.807) is 6.07 Å². The van der Waals surface area contributed by atoms with Crippen molar-refractivity contribution in [3.8, 4) is 51.2 Å². The molecule has 0 spiro atoms. The molecule has 0 unspecified atom stereocenters. The molecule has 0 saturated heterocycles. The van der Waals surface area contributed by atoms with Crippen LogP contribution >= 0.6 is 0 Å². The summed E-state index contributed by atoms with van der Waals surface area (Å²) in [5, 5.41) is 11.1. The fraction of sp³-hybridized carbons (Fsp3) is 0.261. The number of fused-ring (bicyclic) bond motifs is 1. The Morgan fingerprint density at radius 1 is 0.510 bits per heavy atom. The lowest BCUT2D eigenvalue weighted by atomic mass is 9.92. The van der Waals surface area contributed by atoms with Crippen LogP contribution in [0.3, 0.4) is 0 Å². The monoisotopic (exact) mass is 672 g/mol. The van der Waals surface area contributed by atoms with Crippen LogP contribution < -0.4 is 0 Å².